The zero-order chi connectivity index (χ0) is 15.4. The Morgan fingerprint density at radius 1 is 1.27 bits per heavy atom. The highest BCUT2D eigenvalue weighted by molar-refractivity contribution is 7.99. The van der Waals surface area contributed by atoms with Crippen molar-refractivity contribution in [2.75, 3.05) is 38.6 Å². The van der Waals surface area contributed by atoms with Gasteiger partial charge in [0.2, 0.25) is 0 Å². The van der Waals surface area contributed by atoms with Crippen LogP contribution < -0.4 is 4.90 Å². The van der Waals surface area contributed by atoms with Crippen LogP contribution in [0.25, 0.3) is 10.9 Å². The number of aryl methyl sites for hydroxylation is 1. The smallest absolute Gasteiger partial charge is 0.127 e. The molecule has 0 unspecified atom stereocenters. The number of aliphatic hydroxyl groups excluding tert-OH is 1. The molecule has 6 heteroatoms. The number of morpholine rings is 1. The molecule has 118 valence electrons. The van der Waals surface area contributed by atoms with E-state index in [4.69, 9.17) is 4.74 Å². The molecule has 1 aliphatic rings. The number of quaternary nitrogens is 1. The summed E-state index contributed by atoms with van der Waals surface area (Å²) >= 11 is 1.62. The molecule has 0 spiro atoms. The van der Waals surface area contributed by atoms with Gasteiger partial charge in [-0.2, -0.15) is 0 Å². The second-order valence-corrected chi connectivity index (χ2v) is 6.63. The van der Waals surface area contributed by atoms with Crippen LogP contribution in [0.15, 0.2) is 29.3 Å². The summed E-state index contributed by atoms with van der Waals surface area (Å²) in [5.41, 5.74) is 0.964. The minimum absolute atomic E-state index is 0.327. The average molecular weight is 320 g/mol. The number of aromatic nitrogens is 2. The summed E-state index contributed by atoms with van der Waals surface area (Å²) in [6.45, 7) is 6.24. The van der Waals surface area contributed by atoms with Gasteiger partial charge in [0.05, 0.1) is 18.7 Å². The molecule has 1 aromatic heterocycles. The molecule has 1 atom stereocenters. The van der Waals surface area contributed by atoms with Crippen molar-refractivity contribution < 1.29 is 14.7 Å². The van der Waals surface area contributed by atoms with Crippen molar-refractivity contribution in [3.8, 4) is 0 Å². The summed E-state index contributed by atoms with van der Waals surface area (Å²) in [5, 5.41) is 12.3. The van der Waals surface area contributed by atoms with Crippen LogP contribution in [0.2, 0.25) is 0 Å². The topological polar surface area (TPSA) is 59.7 Å². The lowest BCUT2D eigenvalue weighted by Crippen LogP contribution is -3.15. The molecule has 2 N–H and O–H groups in total. The number of ether oxygens (including phenoxy) is 1. The lowest BCUT2D eigenvalue weighted by Gasteiger charge is -2.25. The van der Waals surface area contributed by atoms with E-state index in [1.54, 1.807) is 11.8 Å². The van der Waals surface area contributed by atoms with Crippen LogP contribution in [-0.2, 0) is 4.74 Å². The first-order chi connectivity index (χ1) is 10.7. The van der Waals surface area contributed by atoms with Crippen LogP contribution in [0.4, 0.5) is 0 Å². The molecule has 5 nitrogen and oxygen atoms in total. The van der Waals surface area contributed by atoms with E-state index in [1.807, 2.05) is 31.2 Å². The molecule has 1 aromatic carbocycles. The number of para-hydroxylation sites is 1. The quantitative estimate of drug-likeness (QED) is 0.613. The first-order valence-corrected chi connectivity index (χ1v) is 8.66. The van der Waals surface area contributed by atoms with E-state index in [-0.39, 0.29) is 6.10 Å². The predicted molar refractivity (Wildman–Crippen MR) is 87.4 cm³/mol. The Hall–Kier alpha value is -1.21. The molecule has 0 amide bonds. The average Bonchev–Trinajstić information content (AvgIpc) is 2.53. The van der Waals surface area contributed by atoms with Gasteiger partial charge in [0.25, 0.3) is 0 Å². The van der Waals surface area contributed by atoms with Crippen molar-refractivity contribution >= 4 is 22.7 Å². The van der Waals surface area contributed by atoms with Gasteiger partial charge >= 0.3 is 0 Å². The lowest BCUT2D eigenvalue weighted by atomic mass is 10.2. The fourth-order valence-corrected chi connectivity index (χ4v) is 3.69. The number of thioether (sulfide) groups is 1. The van der Waals surface area contributed by atoms with Crippen LogP contribution in [-0.4, -0.2) is 59.8 Å². The first kappa shape index (κ1) is 15.7. The third kappa shape index (κ3) is 3.95. The van der Waals surface area contributed by atoms with E-state index in [1.165, 1.54) is 4.90 Å². The van der Waals surface area contributed by atoms with Crippen molar-refractivity contribution in [1.29, 1.82) is 0 Å². The van der Waals surface area contributed by atoms with E-state index in [2.05, 4.69) is 9.97 Å². The standard InChI is InChI=1S/C16H21N3O2S/c1-12-17-15-5-3-2-4-14(15)16(18-12)22-11-13(20)10-19-6-8-21-9-7-19/h2-5,13,20H,6-11H2,1H3/p+1/t13-/m0/s1. The van der Waals surface area contributed by atoms with Gasteiger partial charge in [0, 0.05) is 11.1 Å². The van der Waals surface area contributed by atoms with Crippen molar-refractivity contribution in [2.24, 2.45) is 0 Å². The number of hydrogen-bond donors (Lipinski definition) is 2. The zero-order valence-electron chi connectivity index (χ0n) is 12.8. The molecule has 2 heterocycles. The summed E-state index contributed by atoms with van der Waals surface area (Å²) < 4.78 is 5.35. The summed E-state index contributed by atoms with van der Waals surface area (Å²) in [6.07, 6.45) is -0.327. The maximum atomic E-state index is 10.3. The van der Waals surface area contributed by atoms with Crippen LogP contribution in [0, 0.1) is 6.92 Å². The highest BCUT2D eigenvalue weighted by Crippen LogP contribution is 2.25. The SMILES string of the molecule is Cc1nc(SC[C@@H](O)C[NH+]2CCOCC2)c2ccccc2n1. The number of nitrogens with zero attached hydrogens (tertiary/aromatic N) is 2. The first-order valence-electron chi connectivity index (χ1n) is 7.68. The summed E-state index contributed by atoms with van der Waals surface area (Å²) in [6, 6.07) is 8.03. The minimum atomic E-state index is -0.327. The maximum absolute atomic E-state index is 10.3. The molecule has 1 saturated heterocycles. The van der Waals surface area contributed by atoms with Crippen LogP contribution in [0.1, 0.15) is 5.82 Å². The third-order valence-electron chi connectivity index (χ3n) is 3.82. The van der Waals surface area contributed by atoms with Gasteiger partial charge in [-0.25, -0.2) is 9.97 Å². The molecular weight excluding hydrogens is 298 g/mol. The van der Waals surface area contributed by atoms with Gasteiger partial charge in [0.15, 0.2) is 0 Å². The van der Waals surface area contributed by atoms with E-state index in [0.717, 1.165) is 54.6 Å². The number of benzene rings is 1. The minimum Gasteiger partial charge on any atom is -0.386 e. The number of aliphatic hydroxyl groups is 1. The Labute approximate surface area is 134 Å². The number of rotatable bonds is 5. The van der Waals surface area contributed by atoms with Gasteiger partial charge in [-0.1, -0.05) is 18.2 Å². The van der Waals surface area contributed by atoms with Gasteiger partial charge < -0.3 is 14.7 Å². The van der Waals surface area contributed by atoms with Crippen molar-refractivity contribution in [2.45, 2.75) is 18.1 Å². The van der Waals surface area contributed by atoms with Gasteiger partial charge in [0.1, 0.15) is 36.6 Å². The molecule has 1 aliphatic heterocycles. The lowest BCUT2D eigenvalue weighted by molar-refractivity contribution is -0.910. The van der Waals surface area contributed by atoms with Gasteiger partial charge in [-0.05, 0) is 13.0 Å². The van der Waals surface area contributed by atoms with Crippen molar-refractivity contribution in [3.05, 3.63) is 30.1 Å². The molecule has 0 bridgehead atoms. The molecule has 0 aliphatic carbocycles. The van der Waals surface area contributed by atoms with E-state index in [9.17, 15) is 5.11 Å². The Morgan fingerprint density at radius 3 is 2.86 bits per heavy atom. The molecular formula is C16H22N3O2S+. The number of nitrogens with one attached hydrogen (secondary N) is 1. The third-order valence-corrected chi connectivity index (χ3v) is 4.95. The van der Waals surface area contributed by atoms with E-state index in [0.29, 0.717) is 5.75 Å². The largest absolute Gasteiger partial charge is 0.386 e. The monoisotopic (exact) mass is 320 g/mol. The van der Waals surface area contributed by atoms with Crippen LogP contribution >= 0.6 is 11.8 Å². The Balaban J connectivity index is 1.63. The Kier molecular flexibility index (Phi) is 5.25. The summed E-state index contributed by atoms with van der Waals surface area (Å²) in [4.78, 5) is 10.4. The van der Waals surface area contributed by atoms with Crippen molar-refractivity contribution in [3.63, 3.8) is 0 Å². The van der Waals surface area contributed by atoms with Crippen LogP contribution in [0.5, 0.6) is 0 Å². The van der Waals surface area contributed by atoms with Crippen LogP contribution in [0.3, 0.4) is 0 Å². The fraction of sp³-hybridized carbons (Fsp3) is 0.500. The maximum Gasteiger partial charge on any atom is 0.127 e. The molecule has 1 fully saturated rings. The Morgan fingerprint density at radius 2 is 2.05 bits per heavy atom. The van der Waals surface area contributed by atoms with E-state index < -0.39 is 0 Å². The summed E-state index contributed by atoms with van der Waals surface area (Å²) in [5.74, 6) is 1.43. The van der Waals surface area contributed by atoms with Gasteiger partial charge in [-0.3, -0.25) is 0 Å². The highest BCUT2D eigenvalue weighted by Gasteiger charge is 2.19. The molecule has 0 saturated carbocycles. The van der Waals surface area contributed by atoms with E-state index >= 15 is 0 Å². The predicted octanol–water partition coefficient (Wildman–Crippen LogP) is 0.306. The number of fused-ring (bicyclic) bond motifs is 1. The second kappa shape index (κ2) is 7.37. The van der Waals surface area contributed by atoms with Gasteiger partial charge in [-0.15, -0.1) is 11.8 Å². The molecule has 3 rings (SSSR count). The Bertz CT molecular complexity index is 632. The second-order valence-electron chi connectivity index (χ2n) is 5.62. The summed E-state index contributed by atoms with van der Waals surface area (Å²) in [7, 11) is 0. The number of hydrogen-bond acceptors (Lipinski definition) is 5. The zero-order valence-corrected chi connectivity index (χ0v) is 13.6. The highest BCUT2D eigenvalue weighted by atomic mass is 32.2. The fourth-order valence-electron chi connectivity index (χ4n) is 2.70. The normalized spacial score (nSPS) is 17.7. The van der Waals surface area contributed by atoms with Crippen molar-refractivity contribution in [1.82, 2.24) is 9.97 Å². The molecule has 2 aromatic rings. The molecule has 22 heavy (non-hydrogen) atoms. The molecule has 0 radical (unpaired) electrons.